The highest BCUT2D eigenvalue weighted by atomic mass is 32.2. The molecule has 1 saturated heterocycles. The number of likely N-dealkylation sites (tertiary alicyclic amines) is 1. The summed E-state index contributed by atoms with van der Waals surface area (Å²) in [7, 11) is -4.03. The Kier molecular flexibility index (Phi) is 7.03. The largest absolute Gasteiger partial charge is 0.354 e. The van der Waals surface area contributed by atoms with Crippen LogP contribution in [-0.2, 0) is 14.8 Å². The lowest BCUT2D eigenvalue weighted by molar-refractivity contribution is -0.119. The van der Waals surface area contributed by atoms with Gasteiger partial charge in [0.25, 0.3) is 10.0 Å². The van der Waals surface area contributed by atoms with Crippen LogP contribution in [0, 0.1) is 5.82 Å². The number of halogens is 1. The molecule has 1 fully saturated rings. The van der Waals surface area contributed by atoms with Gasteiger partial charge in [-0.05, 0) is 62.5 Å². The molecule has 0 bridgehead atoms. The monoisotopic (exact) mass is 425 g/mol. The maximum absolute atomic E-state index is 14.3. The number of hydrogen-bond acceptors (Lipinski definition) is 5. The average molecular weight is 426 g/mol. The van der Waals surface area contributed by atoms with Crippen LogP contribution in [-0.4, -0.2) is 51.9 Å². The lowest BCUT2D eigenvalue weighted by Gasteiger charge is -2.23. The summed E-state index contributed by atoms with van der Waals surface area (Å²) in [5, 5.41) is 4.38. The first kappa shape index (κ1) is 20.8. The van der Waals surface area contributed by atoms with Gasteiger partial charge < -0.3 is 10.2 Å². The van der Waals surface area contributed by atoms with E-state index in [2.05, 4.69) is 10.2 Å². The molecule has 2 aromatic rings. The topological polar surface area (TPSA) is 69.7 Å². The van der Waals surface area contributed by atoms with E-state index in [1.165, 1.54) is 37.1 Å². The Morgan fingerprint density at radius 2 is 1.93 bits per heavy atom. The normalized spacial score (nSPS) is 14.9. The van der Waals surface area contributed by atoms with Crippen molar-refractivity contribution < 1.29 is 17.6 Å². The molecule has 1 aromatic heterocycles. The minimum Gasteiger partial charge on any atom is -0.354 e. The molecule has 0 atom stereocenters. The fraction of sp³-hybridized carbons (Fsp3) is 0.421. The number of amides is 1. The number of rotatable bonds is 9. The Morgan fingerprint density at radius 3 is 2.61 bits per heavy atom. The molecule has 1 N–H and O–H groups in total. The summed E-state index contributed by atoms with van der Waals surface area (Å²) in [6.07, 6.45) is 3.22. The number of carbonyl (C=O) groups excluding carboxylic acids is 1. The SMILES string of the molecule is O=C(CN(c1ccccc1F)S(=O)(=O)c1cccs1)NCCCN1CCCC1. The van der Waals surface area contributed by atoms with Gasteiger partial charge in [0.2, 0.25) is 5.91 Å². The Bertz CT molecular complexity index is 882. The summed E-state index contributed by atoms with van der Waals surface area (Å²) < 4.78 is 41.1. The van der Waals surface area contributed by atoms with E-state index in [1.54, 1.807) is 17.5 Å². The molecule has 2 heterocycles. The Labute approximate surface area is 169 Å². The molecule has 0 unspecified atom stereocenters. The van der Waals surface area contributed by atoms with Crippen LogP contribution in [0.1, 0.15) is 19.3 Å². The molecule has 0 saturated carbocycles. The number of carbonyl (C=O) groups is 1. The number of hydrogen-bond donors (Lipinski definition) is 1. The van der Waals surface area contributed by atoms with E-state index in [0.29, 0.717) is 6.54 Å². The molecule has 152 valence electrons. The van der Waals surface area contributed by atoms with Crippen LogP contribution in [0.2, 0.25) is 0 Å². The number of sulfonamides is 1. The predicted molar refractivity (Wildman–Crippen MR) is 109 cm³/mol. The summed E-state index contributed by atoms with van der Waals surface area (Å²) in [6.45, 7) is 3.08. The molecule has 3 rings (SSSR count). The van der Waals surface area contributed by atoms with E-state index in [4.69, 9.17) is 0 Å². The molecule has 0 radical (unpaired) electrons. The minimum atomic E-state index is -4.03. The summed E-state index contributed by atoms with van der Waals surface area (Å²) in [5.41, 5.74) is -0.136. The van der Waals surface area contributed by atoms with Gasteiger partial charge in [0.1, 0.15) is 16.6 Å². The van der Waals surface area contributed by atoms with Crippen molar-refractivity contribution in [3.63, 3.8) is 0 Å². The van der Waals surface area contributed by atoms with E-state index in [9.17, 15) is 17.6 Å². The number of nitrogens with one attached hydrogen (secondary N) is 1. The third-order valence-corrected chi connectivity index (χ3v) is 7.75. The van der Waals surface area contributed by atoms with E-state index in [1.807, 2.05) is 0 Å². The van der Waals surface area contributed by atoms with Gasteiger partial charge in [0.05, 0.1) is 5.69 Å². The second kappa shape index (κ2) is 9.49. The molecule has 9 heteroatoms. The van der Waals surface area contributed by atoms with Crippen LogP contribution in [0.25, 0.3) is 0 Å². The van der Waals surface area contributed by atoms with Crippen LogP contribution in [0.3, 0.4) is 0 Å². The smallest absolute Gasteiger partial charge is 0.274 e. The van der Waals surface area contributed by atoms with Gasteiger partial charge in [-0.15, -0.1) is 11.3 Å². The zero-order chi connectivity index (χ0) is 20.0. The van der Waals surface area contributed by atoms with Crippen molar-refractivity contribution >= 4 is 33.0 Å². The number of nitrogens with zero attached hydrogens (tertiary/aromatic N) is 2. The predicted octanol–water partition coefficient (Wildman–Crippen LogP) is 2.68. The summed E-state index contributed by atoms with van der Waals surface area (Å²) in [5.74, 6) is -1.14. The molecule has 28 heavy (non-hydrogen) atoms. The van der Waals surface area contributed by atoms with Gasteiger partial charge in [-0.1, -0.05) is 18.2 Å². The van der Waals surface area contributed by atoms with E-state index >= 15 is 0 Å². The molecule has 6 nitrogen and oxygen atoms in total. The summed E-state index contributed by atoms with van der Waals surface area (Å²) in [4.78, 5) is 14.7. The molecule has 1 amide bonds. The van der Waals surface area contributed by atoms with Crippen molar-refractivity contribution in [3.05, 3.63) is 47.6 Å². The van der Waals surface area contributed by atoms with Crippen LogP contribution >= 0.6 is 11.3 Å². The molecular weight excluding hydrogens is 401 g/mol. The highest BCUT2D eigenvalue weighted by Gasteiger charge is 2.29. The van der Waals surface area contributed by atoms with Crippen molar-refractivity contribution in [2.24, 2.45) is 0 Å². The van der Waals surface area contributed by atoms with Gasteiger partial charge in [-0.2, -0.15) is 0 Å². The van der Waals surface area contributed by atoms with Gasteiger partial charge in [0.15, 0.2) is 0 Å². The summed E-state index contributed by atoms with van der Waals surface area (Å²) >= 11 is 1.03. The fourth-order valence-corrected chi connectivity index (χ4v) is 5.73. The molecule has 1 aromatic carbocycles. The lowest BCUT2D eigenvalue weighted by atomic mass is 10.3. The number of anilines is 1. The maximum atomic E-state index is 14.3. The Morgan fingerprint density at radius 1 is 1.18 bits per heavy atom. The standard InChI is InChI=1S/C19H24FN3O3S2/c20-16-7-1-2-8-17(16)23(28(25,26)19-9-5-14-27-19)15-18(24)21-10-6-13-22-11-3-4-12-22/h1-2,5,7-9,14H,3-4,6,10-13,15H2,(H,21,24). The number of thiophene rings is 1. The zero-order valence-corrected chi connectivity index (χ0v) is 17.1. The third kappa shape index (κ3) is 5.09. The molecule has 1 aliphatic rings. The Hall–Kier alpha value is -1.97. The van der Waals surface area contributed by atoms with Crippen LogP contribution < -0.4 is 9.62 Å². The second-order valence-electron chi connectivity index (χ2n) is 6.65. The molecule has 0 aliphatic carbocycles. The van der Waals surface area contributed by atoms with Gasteiger partial charge in [0, 0.05) is 6.54 Å². The first-order chi connectivity index (χ1) is 13.5. The molecule has 0 spiro atoms. The maximum Gasteiger partial charge on any atom is 0.274 e. The van der Waals surface area contributed by atoms with Gasteiger partial charge >= 0.3 is 0 Å². The molecular formula is C19H24FN3O3S2. The lowest BCUT2D eigenvalue weighted by Crippen LogP contribution is -2.41. The van der Waals surface area contributed by atoms with Crippen LogP contribution in [0.4, 0.5) is 10.1 Å². The van der Waals surface area contributed by atoms with E-state index in [0.717, 1.165) is 41.7 Å². The zero-order valence-electron chi connectivity index (χ0n) is 15.5. The quantitative estimate of drug-likeness (QED) is 0.627. The number of para-hydroxylation sites is 1. The highest BCUT2D eigenvalue weighted by molar-refractivity contribution is 7.94. The Balaban J connectivity index is 1.67. The minimum absolute atomic E-state index is 0.0672. The van der Waals surface area contributed by atoms with Crippen molar-refractivity contribution in [2.75, 3.05) is 37.0 Å². The van der Waals surface area contributed by atoms with Crippen molar-refractivity contribution in [3.8, 4) is 0 Å². The summed E-state index contributed by atoms with van der Waals surface area (Å²) in [6, 6.07) is 8.62. The third-order valence-electron chi connectivity index (χ3n) is 4.62. The van der Waals surface area contributed by atoms with E-state index in [-0.39, 0.29) is 9.90 Å². The van der Waals surface area contributed by atoms with E-state index < -0.39 is 28.3 Å². The van der Waals surface area contributed by atoms with Crippen LogP contribution in [0.5, 0.6) is 0 Å². The van der Waals surface area contributed by atoms with Crippen molar-refractivity contribution in [2.45, 2.75) is 23.5 Å². The van der Waals surface area contributed by atoms with Gasteiger partial charge in [-0.3, -0.25) is 9.10 Å². The van der Waals surface area contributed by atoms with Crippen molar-refractivity contribution in [1.82, 2.24) is 10.2 Å². The van der Waals surface area contributed by atoms with Crippen molar-refractivity contribution in [1.29, 1.82) is 0 Å². The first-order valence-electron chi connectivity index (χ1n) is 9.28. The first-order valence-corrected chi connectivity index (χ1v) is 11.6. The fourth-order valence-electron chi connectivity index (χ4n) is 3.20. The average Bonchev–Trinajstić information content (AvgIpc) is 3.38. The van der Waals surface area contributed by atoms with Crippen LogP contribution in [0.15, 0.2) is 46.0 Å². The molecule has 1 aliphatic heterocycles. The number of benzene rings is 1. The van der Waals surface area contributed by atoms with Gasteiger partial charge in [-0.25, -0.2) is 12.8 Å². The second-order valence-corrected chi connectivity index (χ2v) is 9.68. The highest BCUT2D eigenvalue weighted by Crippen LogP contribution is 2.28.